The highest BCUT2D eigenvalue weighted by Gasteiger charge is 2.33. The van der Waals surface area contributed by atoms with Gasteiger partial charge in [0.2, 0.25) is 0 Å². The Morgan fingerprint density at radius 1 is 1.57 bits per heavy atom. The van der Waals surface area contributed by atoms with Crippen LogP contribution in [0.1, 0.15) is 16.5 Å². The molecule has 0 aromatic carbocycles. The highest BCUT2D eigenvalue weighted by molar-refractivity contribution is 7.10. The van der Waals surface area contributed by atoms with Gasteiger partial charge in [-0.05, 0) is 17.0 Å². The molecule has 3 nitrogen and oxygen atoms in total. The summed E-state index contributed by atoms with van der Waals surface area (Å²) in [6, 6.07) is -0.647. The van der Waals surface area contributed by atoms with Crippen molar-refractivity contribution in [2.75, 3.05) is 0 Å². The lowest BCUT2D eigenvalue weighted by atomic mass is 10.1. The van der Waals surface area contributed by atoms with Gasteiger partial charge in [0, 0.05) is 0 Å². The first-order valence-corrected chi connectivity index (χ1v) is 4.34. The van der Waals surface area contributed by atoms with Crippen molar-refractivity contribution in [1.29, 1.82) is 0 Å². The van der Waals surface area contributed by atoms with Crippen molar-refractivity contribution in [3.63, 3.8) is 0 Å². The van der Waals surface area contributed by atoms with Crippen molar-refractivity contribution in [1.82, 2.24) is 0 Å². The van der Waals surface area contributed by atoms with Crippen LogP contribution in [0.5, 0.6) is 0 Å². The predicted octanol–water partition coefficient (Wildman–Crippen LogP) is 1.85. The number of thiophene rings is 1. The summed E-state index contributed by atoms with van der Waals surface area (Å²) >= 11 is 0.434. The van der Waals surface area contributed by atoms with Gasteiger partial charge in [-0.25, -0.2) is 0 Å². The first-order valence-electron chi connectivity index (χ1n) is 3.46. The number of hydrogen-bond acceptors (Lipinski definition) is 3. The summed E-state index contributed by atoms with van der Waals surface area (Å²) in [5.41, 5.74) is 5.10. The van der Waals surface area contributed by atoms with Crippen LogP contribution in [0.2, 0.25) is 0 Å². The van der Waals surface area contributed by atoms with E-state index in [4.69, 9.17) is 10.8 Å². The number of halogens is 3. The van der Waals surface area contributed by atoms with Crippen LogP contribution in [0, 0.1) is 0 Å². The summed E-state index contributed by atoms with van der Waals surface area (Å²) in [6.45, 7) is 0. The first-order chi connectivity index (χ1) is 6.32. The van der Waals surface area contributed by atoms with Crippen LogP contribution in [0.3, 0.4) is 0 Å². The molecule has 0 spiro atoms. The van der Waals surface area contributed by atoms with Gasteiger partial charge in [-0.1, -0.05) is 0 Å². The van der Waals surface area contributed by atoms with Crippen LogP contribution in [-0.2, 0) is 11.0 Å². The van der Waals surface area contributed by atoms with Crippen molar-refractivity contribution >= 4 is 17.3 Å². The van der Waals surface area contributed by atoms with E-state index in [2.05, 4.69) is 0 Å². The van der Waals surface area contributed by atoms with E-state index >= 15 is 0 Å². The summed E-state index contributed by atoms with van der Waals surface area (Å²) < 4.78 is 36.3. The number of carboxylic acids is 1. The van der Waals surface area contributed by atoms with Gasteiger partial charge in [0.15, 0.2) is 0 Å². The molecule has 0 saturated heterocycles. The molecule has 7 heteroatoms. The lowest BCUT2D eigenvalue weighted by Gasteiger charge is -2.03. The SMILES string of the molecule is NC(C(=O)O)c1csc(C(F)(F)F)c1. The van der Waals surface area contributed by atoms with Crippen LogP contribution in [0.25, 0.3) is 0 Å². The third-order valence-corrected chi connectivity index (χ3v) is 2.52. The van der Waals surface area contributed by atoms with Gasteiger partial charge in [0.1, 0.15) is 10.9 Å². The van der Waals surface area contributed by atoms with E-state index in [0.717, 1.165) is 11.4 Å². The molecule has 0 aliphatic carbocycles. The van der Waals surface area contributed by atoms with Crippen molar-refractivity contribution < 1.29 is 23.1 Å². The molecular weight excluding hydrogens is 219 g/mol. The normalized spacial score (nSPS) is 14.0. The van der Waals surface area contributed by atoms with Crippen molar-refractivity contribution in [2.45, 2.75) is 12.2 Å². The molecule has 0 aliphatic heterocycles. The minimum atomic E-state index is -4.44. The fraction of sp³-hybridized carbons (Fsp3) is 0.286. The van der Waals surface area contributed by atoms with Gasteiger partial charge in [0.05, 0.1) is 0 Å². The fourth-order valence-corrected chi connectivity index (χ4v) is 1.62. The van der Waals surface area contributed by atoms with Crippen molar-refractivity contribution in [3.05, 3.63) is 21.9 Å². The predicted molar refractivity (Wildman–Crippen MR) is 43.9 cm³/mol. The highest BCUT2D eigenvalue weighted by Crippen LogP contribution is 2.35. The van der Waals surface area contributed by atoms with Crippen LogP contribution >= 0.6 is 11.3 Å². The molecule has 0 fully saturated rings. The Bertz CT molecular complexity index is 347. The molecule has 3 N–H and O–H groups in total. The standard InChI is InChI=1S/C7H6F3NO2S/c8-7(9,10)4-1-3(2-14-4)5(11)6(12)13/h1-2,5H,11H2,(H,12,13). The van der Waals surface area contributed by atoms with E-state index in [1.807, 2.05) is 0 Å². The maximum atomic E-state index is 12.1. The second kappa shape index (κ2) is 3.58. The zero-order valence-electron chi connectivity index (χ0n) is 6.71. The van der Waals surface area contributed by atoms with Gasteiger partial charge in [-0.3, -0.25) is 4.79 Å². The average molecular weight is 225 g/mol. The topological polar surface area (TPSA) is 63.3 Å². The monoisotopic (exact) mass is 225 g/mol. The third-order valence-electron chi connectivity index (χ3n) is 1.52. The average Bonchev–Trinajstić information content (AvgIpc) is 2.49. The molecule has 78 valence electrons. The van der Waals surface area contributed by atoms with Crippen LogP contribution in [0.4, 0.5) is 13.2 Å². The number of aliphatic carboxylic acids is 1. The van der Waals surface area contributed by atoms with Gasteiger partial charge in [-0.2, -0.15) is 13.2 Å². The lowest BCUT2D eigenvalue weighted by molar-refractivity contribution is -0.139. The Hall–Kier alpha value is -1.08. The Kier molecular flexibility index (Phi) is 2.81. The molecule has 0 bridgehead atoms. The molecule has 1 aromatic heterocycles. The number of alkyl halides is 3. The largest absolute Gasteiger partial charge is 0.480 e. The van der Waals surface area contributed by atoms with E-state index in [1.54, 1.807) is 0 Å². The van der Waals surface area contributed by atoms with Crippen molar-refractivity contribution in [2.24, 2.45) is 5.73 Å². The van der Waals surface area contributed by atoms with E-state index in [0.29, 0.717) is 11.3 Å². The summed E-state index contributed by atoms with van der Waals surface area (Å²) in [7, 11) is 0. The smallest absolute Gasteiger partial charge is 0.425 e. The summed E-state index contributed by atoms with van der Waals surface area (Å²) in [6.07, 6.45) is -4.44. The third kappa shape index (κ3) is 2.24. The van der Waals surface area contributed by atoms with E-state index in [1.165, 1.54) is 0 Å². The molecule has 1 atom stereocenters. The molecule has 1 aromatic rings. The Morgan fingerprint density at radius 2 is 2.14 bits per heavy atom. The number of carbonyl (C=O) groups is 1. The zero-order valence-corrected chi connectivity index (χ0v) is 7.52. The maximum absolute atomic E-state index is 12.1. The molecule has 0 aliphatic rings. The molecule has 1 heterocycles. The zero-order chi connectivity index (χ0) is 10.9. The Labute approximate surface area is 81.0 Å². The second-order valence-electron chi connectivity index (χ2n) is 2.56. The number of nitrogens with two attached hydrogens (primary N) is 1. The van der Waals surface area contributed by atoms with Gasteiger partial charge in [-0.15, -0.1) is 11.3 Å². The second-order valence-corrected chi connectivity index (χ2v) is 3.47. The number of hydrogen-bond donors (Lipinski definition) is 2. The van der Waals surface area contributed by atoms with Crippen LogP contribution in [-0.4, -0.2) is 11.1 Å². The molecule has 0 amide bonds. The fourth-order valence-electron chi connectivity index (χ4n) is 0.805. The first kappa shape index (κ1) is 11.0. The van der Waals surface area contributed by atoms with Gasteiger partial charge < -0.3 is 10.8 Å². The summed E-state index contributed by atoms with van der Waals surface area (Å²) in [5, 5.41) is 9.54. The Morgan fingerprint density at radius 3 is 2.50 bits per heavy atom. The molecular formula is C7H6F3NO2S. The van der Waals surface area contributed by atoms with Gasteiger partial charge >= 0.3 is 12.1 Å². The molecule has 0 radical (unpaired) electrons. The molecule has 1 rings (SSSR count). The lowest BCUT2D eigenvalue weighted by Crippen LogP contribution is -2.19. The minimum absolute atomic E-state index is 0.0326. The minimum Gasteiger partial charge on any atom is -0.480 e. The molecule has 14 heavy (non-hydrogen) atoms. The summed E-state index contributed by atoms with van der Waals surface area (Å²) in [5.74, 6) is -1.35. The molecule has 0 saturated carbocycles. The van der Waals surface area contributed by atoms with E-state index in [-0.39, 0.29) is 5.56 Å². The molecule has 1 unspecified atom stereocenters. The quantitative estimate of drug-likeness (QED) is 0.807. The van der Waals surface area contributed by atoms with Gasteiger partial charge in [0.25, 0.3) is 0 Å². The van der Waals surface area contributed by atoms with E-state index < -0.39 is 23.1 Å². The van der Waals surface area contributed by atoms with E-state index in [9.17, 15) is 18.0 Å². The number of rotatable bonds is 2. The van der Waals surface area contributed by atoms with Crippen LogP contribution < -0.4 is 5.73 Å². The van der Waals surface area contributed by atoms with Crippen LogP contribution in [0.15, 0.2) is 11.4 Å². The highest BCUT2D eigenvalue weighted by atomic mass is 32.1. The summed E-state index contributed by atoms with van der Waals surface area (Å²) in [4.78, 5) is 9.51. The number of carboxylic acid groups (broad SMARTS) is 1. The Balaban J connectivity index is 2.94. The van der Waals surface area contributed by atoms with Crippen molar-refractivity contribution in [3.8, 4) is 0 Å². The maximum Gasteiger partial charge on any atom is 0.425 e.